The Labute approximate surface area is 198 Å². The van der Waals surface area contributed by atoms with Gasteiger partial charge in [0.1, 0.15) is 17.2 Å². The Bertz CT molecular complexity index is 1210. The second-order valence-corrected chi connectivity index (χ2v) is 7.47. The van der Waals surface area contributed by atoms with Crippen LogP contribution in [0.4, 0.5) is 11.4 Å². The van der Waals surface area contributed by atoms with Crippen molar-refractivity contribution >= 4 is 23.0 Å². The summed E-state index contributed by atoms with van der Waals surface area (Å²) in [7, 11) is 7.81. The monoisotopic (exact) mass is 462 g/mol. The van der Waals surface area contributed by atoms with Crippen molar-refractivity contribution < 1.29 is 28.5 Å². The molecule has 0 N–H and O–H groups in total. The lowest BCUT2D eigenvalue weighted by Gasteiger charge is -2.17. The summed E-state index contributed by atoms with van der Waals surface area (Å²) in [6.45, 7) is 0.385. The summed E-state index contributed by atoms with van der Waals surface area (Å²) in [6, 6.07) is 16.5. The maximum absolute atomic E-state index is 13.6. The lowest BCUT2D eigenvalue weighted by Crippen LogP contribution is -2.29. The molecule has 0 unspecified atom stereocenters. The van der Waals surface area contributed by atoms with Crippen molar-refractivity contribution in [2.24, 2.45) is 4.99 Å². The van der Waals surface area contributed by atoms with Gasteiger partial charge in [-0.05, 0) is 35.9 Å². The first-order chi connectivity index (χ1) is 16.5. The van der Waals surface area contributed by atoms with Crippen LogP contribution in [-0.4, -0.2) is 47.2 Å². The summed E-state index contributed by atoms with van der Waals surface area (Å²) in [5, 5.41) is 0. The second kappa shape index (κ2) is 9.74. The number of carbonyl (C=O) groups excluding carboxylic acids is 1. The number of carbonyl (C=O) groups is 1. The zero-order valence-electron chi connectivity index (χ0n) is 19.7. The van der Waals surface area contributed by atoms with Crippen LogP contribution in [0.3, 0.4) is 0 Å². The highest BCUT2D eigenvalue weighted by Crippen LogP contribution is 2.42. The highest BCUT2D eigenvalue weighted by molar-refractivity contribution is 6.54. The molecule has 176 valence electrons. The van der Waals surface area contributed by atoms with E-state index in [2.05, 4.69) is 0 Å². The fraction of sp³-hybridized carbons (Fsp3) is 0.231. The largest absolute Gasteiger partial charge is 0.497 e. The van der Waals surface area contributed by atoms with Crippen LogP contribution in [0.25, 0.3) is 0 Å². The number of benzene rings is 3. The number of fused-ring (bicyclic) bond motifs is 1. The maximum Gasteiger partial charge on any atom is 0.277 e. The summed E-state index contributed by atoms with van der Waals surface area (Å²) in [5.41, 5.74) is 3.21. The van der Waals surface area contributed by atoms with Crippen molar-refractivity contribution in [3.05, 3.63) is 65.7 Å². The molecule has 0 saturated carbocycles. The van der Waals surface area contributed by atoms with Crippen molar-refractivity contribution in [2.75, 3.05) is 40.4 Å². The minimum Gasteiger partial charge on any atom is -0.497 e. The molecule has 34 heavy (non-hydrogen) atoms. The van der Waals surface area contributed by atoms with Crippen LogP contribution < -0.4 is 28.6 Å². The van der Waals surface area contributed by atoms with Crippen molar-refractivity contribution in [1.29, 1.82) is 0 Å². The minimum absolute atomic E-state index is 0.215. The maximum atomic E-state index is 13.6. The number of nitrogens with zero attached hydrogens (tertiary/aromatic N) is 2. The van der Waals surface area contributed by atoms with Crippen LogP contribution in [0, 0.1) is 0 Å². The third kappa shape index (κ3) is 4.22. The van der Waals surface area contributed by atoms with E-state index in [1.54, 1.807) is 31.3 Å². The lowest BCUT2D eigenvalue weighted by molar-refractivity contribution is -0.112. The van der Waals surface area contributed by atoms with Crippen molar-refractivity contribution in [3.63, 3.8) is 0 Å². The van der Waals surface area contributed by atoms with Gasteiger partial charge in [0.15, 0.2) is 11.5 Å². The molecule has 1 heterocycles. The van der Waals surface area contributed by atoms with Crippen LogP contribution in [0.2, 0.25) is 0 Å². The van der Waals surface area contributed by atoms with Gasteiger partial charge in [0.05, 0.1) is 53.5 Å². The Kier molecular flexibility index (Phi) is 6.58. The molecule has 0 radical (unpaired) electrons. The summed E-state index contributed by atoms with van der Waals surface area (Å²) < 4.78 is 26.9. The molecule has 4 rings (SSSR count). The van der Waals surface area contributed by atoms with Gasteiger partial charge in [-0.15, -0.1) is 0 Å². The van der Waals surface area contributed by atoms with Gasteiger partial charge < -0.3 is 28.6 Å². The van der Waals surface area contributed by atoms with Crippen LogP contribution in [-0.2, 0) is 11.3 Å². The number of ether oxygens (including phenoxy) is 5. The highest BCUT2D eigenvalue weighted by Gasteiger charge is 2.34. The number of anilines is 1. The molecule has 3 aromatic rings. The number of amides is 1. The topological polar surface area (TPSA) is 78.8 Å². The van der Waals surface area contributed by atoms with Crippen molar-refractivity contribution in [1.82, 2.24) is 0 Å². The molecular weight excluding hydrogens is 436 g/mol. The standard InChI is InChI=1S/C26H26N2O6/c1-30-18-8-6-16(7-9-18)15-28-21-11-10-19(31-2)14-20(21)24(26(28)29)27-17-12-22(32-3)25(34-5)23(13-17)33-4/h6-14H,15H2,1-5H3. The molecule has 0 aromatic heterocycles. The highest BCUT2D eigenvalue weighted by atomic mass is 16.5. The number of rotatable bonds is 8. The molecule has 3 aromatic carbocycles. The van der Waals surface area contributed by atoms with E-state index < -0.39 is 0 Å². The van der Waals surface area contributed by atoms with E-state index in [-0.39, 0.29) is 5.91 Å². The van der Waals surface area contributed by atoms with Gasteiger partial charge in [0, 0.05) is 17.7 Å². The summed E-state index contributed by atoms with van der Waals surface area (Å²) >= 11 is 0. The van der Waals surface area contributed by atoms with Crippen LogP contribution >= 0.6 is 0 Å². The Morgan fingerprint density at radius 1 is 0.735 bits per heavy atom. The van der Waals surface area contributed by atoms with Gasteiger partial charge in [-0.25, -0.2) is 4.99 Å². The predicted molar refractivity (Wildman–Crippen MR) is 129 cm³/mol. The molecule has 0 bridgehead atoms. The fourth-order valence-corrected chi connectivity index (χ4v) is 3.86. The number of hydrogen-bond acceptors (Lipinski definition) is 7. The summed E-state index contributed by atoms with van der Waals surface area (Å²) in [4.78, 5) is 20.0. The van der Waals surface area contributed by atoms with E-state index >= 15 is 0 Å². The van der Waals surface area contributed by atoms with Gasteiger partial charge in [-0.2, -0.15) is 0 Å². The summed E-state index contributed by atoms with van der Waals surface area (Å²) in [6.07, 6.45) is 0. The minimum atomic E-state index is -0.215. The third-order valence-corrected chi connectivity index (χ3v) is 5.59. The second-order valence-electron chi connectivity index (χ2n) is 7.47. The summed E-state index contributed by atoms with van der Waals surface area (Å²) in [5.74, 6) is 2.53. The molecule has 0 fully saturated rings. The van der Waals surface area contributed by atoms with E-state index in [1.807, 2.05) is 42.5 Å². The molecule has 0 saturated heterocycles. The fourth-order valence-electron chi connectivity index (χ4n) is 3.86. The number of methoxy groups -OCH3 is 5. The Hall–Kier alpha value is -4.20. The molecule has 1 aliphatic heterocycles. The first kappa shape index (κ1) is 23.0. The molecule has 1 aliphatic rings. The molecule has 0 spiro atoms. The van der Waals surface area contributed by atoms with E-state index in [1.165, 1.54) is 21.3 Å². The first-order valence-electron chi connectivity index (χ1n) is 10.5. The lowest BCUT2D eigenvalue weighted by atomic mass is 10.1. The number of hydrogen-bond donors (Lipinski definition) is 0. The van der Waals surface area contributed by atoms with E-state index in [4.69, 9.17) is 28.7 Å². The molecule has 0 atom stereocenters. The Morgan fingerprint density at radius 3 is 1.91 bits per heavy atom. The zero-order chi connectivity index (χ0) is 24.2. The molecule has 1 amide bonds. The predicted octanol–water partition coefficient (Wildman–Crippen LogP) is 4.40. The SMILES string of the molecule is COc1ccc(CN2C(=O)C(=Nc3cc(OC)c(OC)c(OC)c3)c3cc(OC)ccc32)cc1. The van der Waals surface area contributed by atoms with Gasteiger partial charge in [0.2, 0.25) is 5.75 Å². The quantitative estimate of drug-likeness (QED) is 0.494. The van der Waals surface area contributed by atoms with Gasteiger partial charge in [-0.3, -0.25) is 4.79 Å². The van der Waals surface area contributed by atoms with Gasteiger partial charge in [-0.1, -0.05) is 12.1 Å². The van der Waals surface area contributed by atoms with E-state index in [0.29, 0.717) is 46.5 Å². The molecular formula is C26H26N2O6. The van der Waals surface area contributed by atoms with Gasteiger partial charge >= 0.3 is 0 Å². The van der Waals surface area contributed by atoms with Crippen LogP contribution in [0.15, 0.2) is 59.6 Å². The van der Waals surface area contributed by atoms with Crippen molar-refractivity contribution in [2.45, 2.75) is 6.54 Å². The first-order valence-corrected chi connectivity index (χ1v) is 10.5. The molecule has 8 heteroatoms. The Balaban J connectivity index is 1.79. The normalized spacial score (nSPS) is 13.6. The van der Waals surface area contributed by atoms with E-state index in [9.17, 15) is 4.79 Å². The van der Waals surface area contributed by atoms with Crippen molar-refractivity contribution in [3.8, 4) is 28.7 Å². The van der Waals surface area contributed by atoms with E-state index in [0.717, 1.165) is 17.0 Å². The average molecular weight is 463 g/mol. The van der Waals surface area contributed by atoms with Crippen LogP contribution in [0.1, 0.15) is 11.1 Å². The average Bonchev–Trinajstić information content (AvgIpc) is 3.13. The zero-order valence-corrected chi connectivity index (χ0v) is 19.7. The number of aliphatic imine (C=N–C) groups is 1. The molecule has 0 aliphatic carbocycles. The van der Waals surface area contributed by atoms with Gasteiger partial charge in [0.25, 0.3) is 5.91 Å². The third-order valence-electron chi connectivity index (χ3n) is 5.59. The van der Waals surface area contributed by atoms with Crippen LogP contribution in [0.5, 0.6) is 28.7 Å². The smallest absolute Gasteiger partial charge is 0.277 e. The Morgan fingerprint density at radius 2 is 1.35 bits per heavy atom. The molecule has 8 nitrogen and oxygen atoms in total.